The molecule has 1 aliphatic heterocycles. The summed E-state index contributed by atoms with van der Waals surface area (Å²) >= 11 is 8.48. The van der Waals surface area contributed by atoms with Gasteiger partial charge in [-0.15, -0.1) is 35.3 Å². The van der Waals surface area contributed by atoms with Gasteiger partial charge in [0.1, 0.15) is 66.2 Å². The van der Waals surface area contributed by atoms with Gasteiger partial charge in [0.25, 0.3) is 0 Å². The summed E-state index contributed by atoms with van der Waals surface area (Å²) < 4.78 is 0. The van der Waals surface area contributed by atoms with Crippen molar-refractivity contribution < 1.29 is 126 Å². The molecule has 0 bridgehead atoms. The number of ketones is 1. The van der Waals surface area contributed by atoms with Gasteiger partial charge in [0.15, 0.2) is 5.78 Å². The predicted octanol–water partition coefficient (Wildman–Crippen LogP) is -12.0. The maximum atomic E-state index is 13.9. The van der Waals surface area contributed by atoms with Crippen molar-refractivity contribution in [2.45, 2.75) is 138 Å². The van der Waals surface area contributed by atoms with Gasteiger partial charge in [-0.1, -0.05) is 12.1 Å². The number of carboxylic acids is 2. The molecule has 708 valence electrons. The Morgan fingerprint density at radius 1 is 0.488 bits per heavy atom. The number of phenolic OH excluding ortho intramolecular Hbond substituents is 1. The molecule has 10 atom stereocenters. The molecule has 1 aliphatic rings. The van der Waals surface area contributed by atoms with Crippen molar-refractivity contribution in [3.05, 3.63) is 29.8 Å². The number of carbonyl (C=O) groups is 23. The lowest BCUT2D eigenvalue weighted by atomic mass is 10.0. The van der Waals surface area contributed by atoms with E-state index in [0.717, 1.165) is 47.0 Å². The molecular formula is C72H113N23O26S6. The van der Waals surface area contributed by atoms with E-state index < -0.39 is 272 Å². The van der Waals surface area contributed by atoms with E-state index >= 15 is 0 Å². The Labute approximate surface area is 755 Å². The highest BCUT2D eigenvalue weighted by atomic mass is 32.2. The van der Waals surface area contributed by atoms with Crippen LogP contribution in [0.25, 0.3) is 0 Å². The van der Waals surface area contributed by atoms with Crippen LogP contribution in [0.5, 0.6) is 5.75 Å². The first-order chi connectivity index (χ1) is 60.3. The number of benzene rings is 1. The van der Waals surface area contributed by atoms with Crippen LogP contribution in [0.2, 0.25) is 0 Å². The van der Waals surface area contributed by atoms with Crippen LogP contribution in [0.1, 0.15) is 77.2 Å². The summed E-state index contributed by atoms with van der Waals surface area (Å²) in [7, 11) is 0. The van der Waals surface area contributed by atoms with Crippen molar-refractivity contribution in [2.75, 3.05) is 129 Å². The van der Waals surface area contributed by atoms with Crippen LogP contribution in [-0.2, 0) is 117 Å². The molecule has 49 nitrogen and oxygen atoms in total. The van der Waals surface area contributed by atoms with Gasteiger partial charge in [-0.2, -0.15) is 36.2 Å². The average molecular weight is 1910 g/mol. The molecule has 1 fully saturated rings. The van der Waals surface area contributed by atoms with Crippen molar-refractivity contribution in [3.63, 3.8) is 0 Å². The van der Waals surface area contributed by atoms with Gasteiger partial charge in [-0.05, 0) is 88.0 Å². The number of thioether (sulfide) groups is 5. The predicted molar refractivity (Wildman–Crippen MR) is 468 cm³/mol. The minimum atomic E-state index is -1.89. The number of rotatable bonds is 57. The van der Waals surface area contributed by atoms with E-state index in [9.17, 15) is 126 Å². The summed E-state index contributed by atoms with van der Waals surface area (Å²) in [5, 5.41) is 73.5. The smallest absolute Gasteiger partial charge is 0.327 e. The molecule has 0 aliphatic carbocycles. The number of primary amides is 1. The van der Waals surface area contributed by atoms with E-state index in [1.807, 2.05) is 0 Å². The number of thiol groups is 1. The molecule has 1 heterocycles. The Morgan fingerprint density at radius 3 is 1.46 bits per heavy atom. The molecule has 2 rings (SSSR count). The van der Waals surface area contributed by atoms with E-state index in [0.29, 0.717) is 50.0 Å². The number of Topliss-reactive ketones (excluding diaryl/α,β-unsaturated/α-hetero) is 1. The summed E-state index contributed by atoms with van der Waals surface area (Å²) in [5.74, 6) is -24.4. The van der Waals surface area contributed by atoms with Crippen LogP contribution in [0, 0.1) is 0 Å². The molecule has 127 heavy (non-hydrogen) atoms. The van der Waals surface area contributed by atoms with Gasteiger partial charge in [0.05, 0.1) is 81.9 Å². The summed E-state index contributed by atoms with van der Waals surface area (Å²) in [4.78, 5) is 299. The largest absolute Gasteiger partial charge is 0.508 e. The standard InChI is InChI=1S/C72H113N23O26S6/c1-38(96)84-36-126-33-49(65(113)79-21-54(101)77-23-56(103)90-48(63(76)111)30-124-29-42(99)19-53(100)86-44(9-4-6-15-74)69(117)93-43(8-3-5-14-73)64(112)81-26-59(106)89-47(28-122)72(120)121)92-60(107)27-82-66(114)50(34-127-37-85-39(2)97)91-57(104)24-78-55(102)22-80-68(116)52-32-125-35-61(108)88-45(18-40-10-12-41(98)13-11-40)70(118)94-51(31-123-17-7-16-75)67(115)83-25-58(105)87-46(20-62(109)110)71(119)95-52/h10-13,43-52,98,122H,3-9,14-37,73-75H2,1-2H3,(H2,76,111)(H,77,101)(H,78,102)(H,79,113)(H,80,116)(H,81,112)(H,82,114)(H,83,115)(H,84,96)(H,85,97)(H,86,100)(H,87,105)(H,88,108)(H,89,106)(H,90,103)(H,91,104)(H,92,107)(H,93,117)(H,94,118)(H,95,119)(H,109,110)(H,120,121)/t43-,44-,45-,46+,47-,48-,49-,50-,51+,52+/m0/s1. The van der Waals surface area contributed by atoms with E-state index in [1.165, 1.54) is 49.9 Å². The van der Waals surface area contributed by atoms with Gasteiger partial charge >= 0.3 is 11.9 Å². The molecule has 1 aromatic carbocycles. The molecule has 30 N–H and O–H groups in total. The van der Waals surface area contributed by atoms with E-state index in [-0.39, 0.29) is 78.6 Å². The van der Waals surface area contributed by atoms with Crippen LogP contribution in [0.3, 0.4) is 0 Å². The molecule has 0 saturated carbocycles. The third-order valence-corrected chi connectivity index (χ3v) is 22.4. The average Bonchev–Trinajstić information content (AvgIpc) is 0.852. The van der Waals surface area contributed by atoms with E-state index in [4.69, 9.17) is 22.9 Å². The normalized spacial score (nSPS) is 16.3. The van der Waals surface area contributed by atoms with Gasteiger partial charge in [-0.25, -0.2) is 4.79 Å². The number of hydrogen-bond donors (Lipinski definition) is 27. The Morgan fingerprint density at radius 2 is 0.953 bits per heavy atom. The molecule has 0 aromatic heterocycles. The second-order valence-electron chi connectivity index (χ2n) is 27.6. The monoisotopic (exact) mass is 1910 g/mol. The lowest BCUT2D eigenvalue weighted by Crippen LogP contribution is -2.58. The molecular weight excluding hydrogens is 1800 g/mol. The van der Waals surface area contributed by atoms with Gasteiger partial charge in [0, 0.05) is 54.8 Å². The topological polar surface area (TPSA) is 786 Å². The number of aliphatic carboxylic acids is 2. The zero-order chi connectivity index (χ0) is 94.9. The van der Waals surface area contributed by atoms with Crippen LogP contribution < -0.4 is 124 Å². The first kappa shape index (κ1) is 112. The van der Waals surface area contributed by atoms with Crippen molar-refractivity contribution in [1.82, 2.24) is 101 Å². The summed E-state index contributed by atoms with van der Waals surface area (Å²) in [6.45, 7) is -2.60. The maximum absolute atomic E-state index is 13.9. The van der Waals surface area contributed by atoms with Crippen LogP contribution in [0.15, 0.2) is 24.3 Å². The first-order valence-electron chi connectivity index (χ1n) is 39.3. The number of aromatic hydroxyl groups is 1. The number of nitrogens with one attached hydrogen (secondary N) is 19. The molecule has 0 radical (unpaired) electrons. The van der Waals surface area contributed by atoms with Gasteiger partial charge in [0.2, 0.25) is 118 Å². The minimum absolute atomic E-state index is 0.0191. The number of hydrogen-bond acceptors (Lipinski definition) is 33. The SMILES string of the molecule is CC(=O)NCSC[C@H](NC(=O)CNC(=O)CNC(=O)[C@H]1CSCC(=O)N[C@@H](Cc2ccc(O)cc2)C(=O)N[C@H](CSCCCN)C(=O)NCC(=O)N[C@H](CC(=O)O)C(=O)N1)C(=O)NCC(=O)N[C@@H](CSCNC(C)=O)C(=O)NCC(=O)NCC(=O)N[C@@H](CSCC(=O)CC(=O)N[C@@H](CCCCN)C(=O)N[C@@H](CCCCN)C(=O)NCC(=O)N[C@@H](CS)C(=O)O)C(N)=O. The summed E-state index contributed by atoms with van der Waals surface area (Å²) in [5.41, 5.74) is 22.8. The fraction of sp³-hybridized carbons (Fsp3) is 0.597. The summed E-state index contributed by atoms with van der Waals surface area (Å²) in [6.07, 6.45) is 0.181. The van der Waals surface area contributed by atoms with Crippen LogP contribution in [-0.4, -0.2) is 341 Å². The molecule has 1 saturated heterocycles. The van der Waals surface area contributed by atoms with Crippen LogP contribution in [0.4, 0.5) is 0 Å². The lowest BCUT2D eigenvalue weighted by Gasteiger charge is -2.25. The zero-order valence-corrected chi connectivity index (χ0v) is 74.5. The third kappa shape index (κ3) is 50.8. The van der Waals surface area contributed by atoms with Crippen molar-refractivity contribution in [2.24, 2.45) is 22.9 Å². The minimum Gasteiger partial charge on any atom is -0.508 e. The number of carbonyl (C=O) groups excluding carboxylic acids is 21. The molecule has 0 unspecified atom stereocenters. The fourth-order valence-corrected chi connectivity index (χ4v) is 15.2. The highest BCUT2D eigenvalue weighted by Crippen LogP contribution is 2.16. The van der Waals surface area contributed by atoms with Crippen molar-refractivity contribution in [1.29, 1.82) is 0 Å². The zero-order valence-electron chi connectivity index (χ0n) is 69.5. The Balaban J connectivity index is 2.12. The highest BCUT2D eigenvalue weighted by Gasteiger charge is 2.35. The Hall–Kier alpha value is -11.0. The number of unbranched alkanes of at least 4 members (excludes halogenated alkanes) is 2. The number of carboxylic acid groups (broad SMARTS) is 2. The molecule has 20 amide bonds. The molecule has 55 heteroatoms. The second-order valence-corrected chi connectivity index (χ2v) is 33.2. The molecule has 1 aromatic rings. The van der Waals surface area contributed by atoms with E-state index in [2.05, 4.69) is 114 Å². The maximum Gasteiger partial charge on any atom is 0.327 e. The van der Waals surface area contributed by atoms with Crippen molar-refractivity contribution in [3.8, 4) is 5.75 Å². The van der Waals surface area contributed by atoms with Gasteiger partial charge < -0.3 is 139 Å². The number of amides is 20. The Bertz CT molecular complexity index is 3960. The highest BCUT2D eigenvalue weighted by molar-refractivity contribution is 8.00. The second kappa shape index (κ2) is 63.9. The quantitative estimate of drug-likeness (QED) is 0.0125. The third-order valence-electron chi connectivity index (χ3n) is 16.9. The first-order valence-corrected chi connectivity index (χ1v) is 45.7. The van der Waals surface area contributed by atoms with E-state index in [1.54, 1.807) is 0 Å². The number of nitrogens with two attached hydrogens (primary N) is 4. The van der Waals surface area contributed by atoms with Gasteiger partial charge in [-0.3, -0.25) is 105 Å². The lowest BCUT2D eigenvalue weighted by molar-refractivity contribution is -0.141. The number of phenols is 1. The Kier molecular flexibility index (Phi) is 56.4. The van der Waals surface area contributed by atoms with Crippen LogP contribution >= 0.6 is 71.4 Å². The van der Waals surface area contributed by atoms with Crippen molar-refractivity contribution >= 4 is 207 Å². The summed E-state index contributed by atoms with van der Waals surface area (Å²) in [6, 6.07) is -8.93. The fourth-order valence-electron chi connectivity index (χ4n) is 10.4. The molecule has 0 spiro atoms.